The van der Waals surface area contributed by atoms with Crippen LogP contribution in [0.3, 0.4) is 0 Å². The van der Waals surface area contributed by atoms with E-state index in [4.69, 9.17) is 10.5 Å². The number of nitrogens with two attached hydrogens (primary N) is 1. The molecule has 1 amide bonds. The fourth-order valence-corrected chi connectivity index (χ4v) is 2.75. The van der Waals surface area contributed by atoms with Crippen molar-refractivity contribution in [2.75, 3.05) is 0 Å². The third kappa shape index (κ3) is 5.19. The van der Waals surface area contributed by atoms with Crippen molar-refractivity contribution in [1.29, 1.82) is 0 Å². The average Bonchev–Trinajstić information content (AvgIpc) is 3.44. The fraction of sp³-hybridized carbons (Fsp3) is 0.400. The molecule has 140 valence electrons. The van der Waals surface area contributed by atoms with Gasteiger partial charge < -0.3 is 15.4 Å². The van der Waals surface area contributed by atoms with E-state index in [-0.39, 0.29) is 24.4 Å². The molecule has 2 N–H and O–H groups in total. The molecule has 1 aromatic carbocycles. The summed E-state index contributed by atoms with van der Waals surface area (Å²) in [6.07, 6.45) is 3.93. The predicted octanol–water partition coefficient (Wildman–Crippen LogP) is 3.55. The van der Waals surface area contributed by atoms with E-state index in [1.807, 2.05) is 55.1 Å². The summed E-state index contributed by atoms with van der Waals surface area (Å²) in [6.45, 7) is 4.99. The van der Waals surface area contributed by atoms with Crippen LogP contribution in [-0.4, -0.2) is 27.9 Å². The normalized spacial score (nSPS) is 13.2. The van der Waals surface area contributed by atoms with Gasteiger partial charge in [0.15, 0.2) is 0 Å². The van der Waals surface area contributed by atoms with Crippen LogP contribution in [0.4, 0.5) is 0 Å². The quantitative estimate of drug-likeness (QED) is 0.803. The summed E-state index contributed by atoms with van der Waals surface area (Å²) < 4.78 is 5.66. The van der Waals surface area contributed by atoms with Crippen molar-refractivity contribution in [3.63, 3.8) is 0 Å². The van der Waals surface area contributed by atoms with Gasteiger partial charge in [-0.2, -0.15) is 0 Å². The van der Waals surface area contributed by atoms with Gasteiger partial charge in [0.1, 0.15) is 0 Å². The van der Waals surface area contributed by atoms with E-state index in [2.05, 4.69) is 4.98 Å². The molecule has 6 heteroatoms. The lowest BCUT2D eigenvalue weighted by Gasteiger charge is -2.23. The average molecular weight is 376 g/mol. The number of nitrogens with zero attached hydrogens (tertiary/aromatic N) is 2. The number of carbonyl (C=O) groups is 1. The van der Waals surface area contributed by atoms with Crippen molar-refractivity contribution in [3.8, 4) is 5.88 Å². The first kappa shape index (κ1) is 20.2. The molecular weight excluding hydrogens is 350 g/mol. The van der Waals surface area contributed by atoms with Crippen LogP contribution >= 0.6 is 12.4 Å². The Balaban J connectivity index is 0.00000243. The molecule has 5 nitrogen and oxygen atoms in total. The Hall–Kier alpha value is -2.11. The smallest absolute Gasteiger partial charge is 0.254 e. The van der Waals surface area contributed by atoms with Gasteiger partial charge >= 0.3 is 0 Å². The van der Waals surface area contributed by atoms with E-state index >= 15 is 0 Å². The van der Waals surface area contributed by atoms with Crippen LogP contribution in [0.15, 0.2) is 42.6 Å². The Morgan fingerprint density at radius 1 is 1.23 bits per heavy atom. The number of rotatable bonds is 7. The van der Waals surface area contributed by atoms with Crippen molar-refractivity contribution < 1.29 is 9.53 Å². The van der Waals surface area contributed by atoms with Gasteiger partial charge in [0.2, 0.25) is 5.88 Å². The Morgan fingerprint density at radius 2 is 1.92 bits per heavy atom. The van der Waals surface area contributed by atoms with Crippen LogP contribution in [0.5, 0.6) is 5.88 Å². The molecule has 1 aliphatic carbocycles. The van der Waals surface area contributed by atoms with Crippen molar-refractivity contribution in [2.24, 2.45) is 5.73 Å². The zero-order chi connectivity index (χ0) is 17.8. The number of amides is 1. The van der Waals surface area contributed by atoms with E-state index < -0.39 is 0 Å². The van der Waals surface area contributed by atoms with Gasteiger partial charge in [-0.1, -0.05) is 12.1 Å². The van der Waals surface area contributed by atoms with Gasteiger partial charge in [-0.05, 0) is 56.0 Å². The molecule has 3 rings (SSSR count). The first-order chi connectivity index (χ1) is 12.1. The first-order valence-electron chi connectivity index (χ1n) is 8.78. The minimum absolute atomic E-state index is 0. The predicted molar refractivity (Wildman–Crippen MR) is 104 cm³/mol. The van der Waals surface area contributed by atoms with Gasteiger partial charge in [0.25, 0.3) is 5.91 Å². The lowest BCUT2D eigenvalue weighted by molar-refractivity contribution is 0.0729. The zero-order valence-corrected chi connectivity index (χ0v) is 16.0. The summed E-state index contributed by atoms with van der Waals surface area (Å²) in [5.41, 5.74) is 8.40. The van der Waals surface area contributed by atoms with E-state index in [1.54, 1.807) is 6.20 Å². The lowest BCUT2D eigenvalue weighted by atomic mass is 10.1. The summed E-state index contributed by atoms with van der Waals surface area (Å²) >= 11 is 0. The van der Waals surface area contributed by atoms with Gasteiger partial charge in [-0.15, -0.1) is 12.4 Å². The first-order valence-corrected chi connectivity index (χ1v) is 8.78. The summed E-state index contributed by atoms with van der Waals surface area (Å²) in [4.78, 5) is 19.1. The van der Waals surface area contributed by atoms with E-state index in [1.165, 1.54) is 0 Å². The number of aromatic nitrogens is 1. The lowest BCUT2D eigenvalue weighted by Crippen LogP contribution is -2.32. The molecule has 1 saturated carbocycles. The molecule has 1 aromatic heterocycles. The van der Waals surface area contributed by atoms with E-state index in [0.29, 0.717) is 30.6 Å². The summed E-state index contributed by atoms with van der Waals surface area (Å²) in [6, 6.07) is 11.7. The van der Waals surface area contributed by atoms with Crippen LogP contribution < -0.4 is 10.5 Å². The van der Waals surface area contributed by atoms with Crippen LogP contribution in [0.1, 0.15) is 48.2 Å². The van der Waals surface area contributed by atoms with Gasteiger partial charge in [-0.3, -0.25) is 4.79 Å². The highest BCUT2D eigenvalue weighted by Crippen LogP contribution is 2.30. The molecule has 0 bridgehead atoms. The van der Waals surface area contributed by atoms with Crippen LogP contribution in [0.2, 0.25) is 0 Å². The van der Waals surface area contributed by atoms with E-state index in [9.17, 15) is 4.79 Å². The third-order valence-corrected chi connectivity index (χ3v) is 4.19. The fourth-order valence-electron chi connectivity index (χ4n) is 2.75. The Labute approximate surface area is 161 Å². The van der Waals surface area contributed by atoms with Crippen LogP contribution in [-0.2, 0) is 13.1 Å². The molecule has 26 heavy (non-hydrogen) atoms. The number of ether oxygens (including phenoxy) is 1. The maximum absolute atomic E-state index is 12.9. The number of hydrogen-bond donors (Lipinski definition) is 1. The van der Waals surface area contributed by atoms with Crippen molar-refractivity contribution >= 4 is 18.3 Å². The molecule has 0 atom stereocenters. The number of benzene rings is 1. The second kappa shape index (κ2) is 9.01. The SMILES string of the molecule is CC(C)Oc1cc(CN(C(=O)c2ccc(CN)cc2)C2CC2)ccn1.Cl. The van der Waals surface area contributed by atoms with Crippen LogP contribution in [0, 0.1) is 0 Å². The molecule has 0 unspecified atom stereocenters. The maximum atomic E-state index is 12.9. The topological polar surface area (TPSA) is 68.5 Å². The zero-order valence-electron chi connectivity index (χ0n) is 15.2. The highest BCUT2D eigenvalue weighted by Gasteiger charge is 2.33. The monoisotopic (exact) mass is 375 g/mol. The number of carbonyl (C=O) groups excluding carboxylic acids is 1. The second-order valence-corrected chi connectivity index (χ2v) is 6.73. The standard InChI is InChI=1S/C20H25N3O2.ClH/c1-14(2)25-19-11-16(9-10-22-19)13-23(18-7-8-18)20(24)17-5-3-15(12-21)4-6-17;/h3-6,9-11,14,18H,7-8,12-13,21H2,1-2H3;1H. The maximum Gasteiger partial charge on any atom is 0.254 e. The third-order valence-electron chi connectivity index (χ3n) is 4.19. The molecule has 1 heterocycles. The molecule has 0 spiro atoms. The van der Waals surface area contributed by atoms with Gasteiger partial charge in [-0.25, -0.2) is 4.98 Å². The van der Waals surface area contributed by atoms with E-state index in [0.717, 1.165) is 24.0 Å². The molecule has 2 aromatic rings. The van der Waals surface area contributed by atoms with Crippen LogP contribution in [0.25, 0.3) is 0 Å². The minimum Gasteiger partial charge on any atom is -0.475 e. The number of hydrogen-bond acceptors (Lipinski definition) is 4. The summed E-state index contributed by atoms with van der Waals surface area (Å²) in [7, 11) is 0. The minimum atomic E-state index is 0. The van der Waals surface area contributed by atoms with Crippen molar-refractivity contribution in [2.45, 2.75) is 51.9 Å². The highest BCUT2D eigenvalue weighted by atomic mass is 35.5. The molecule has 1 fully saturated rings. The molecular formula is C20H26ClN3O2. The largest absolute Gasteiger partial charge is 0.475 e. The Morgan fingerprint density at radius 3 is 2.50 bits per heavy atom. The Bertz CT molecular complexity index is 730. The summed E-state index contributed by atoms with van der Waals surface area (Å²) in [5.74, 6) is 0.664. The Kier molecular flexibility index (Phi) is 7.00. The summed E-state index contributed by atoms with van der Waals surface area (Å²) in [5, 5.41) is 0. The molecule has 0 radical (unpaired) electrons. The second-order valence-electron chi connectivity index (χ2n) is 6.73. The molecule has 0 saturated heterocycles. The van der Waals surface area contributed by atoms with Crippen molar-refractivity contribution in [3.05, 3.63) is 59.3 Å². The molecule has 1 aliphatic rings. The van der Waals surface area contributed by atoms with Crippen molar-refractivity contribution in [1.82, 2.24) is 9.88 Å². The van der Waals surface area contributed by atoms with Gasteiger partial charge in [0, 0.05) is 37.0 Å². The van der Waals surface area contributed by atoms with Gasteiger partial charge in [0.05, 0.1) is 6.10 Å². The molecule has 0 aliphatic heterocycles. The highest BCUT2D eigenvalue weighted by molar-refractivity contribution is 5.94. The number of pyridine rings is 1. The number of halogens is 1.